The molecule has 0 aliphatic rings. The zero-order chi connectivity index (χ0) is 12.2. The topological polar surface area (TPSA) is 9.23 Å². The van der Waals surface area contributed by atoms with Crippen molar-refractivity contribution in [3.05, 3.63) is 42.8 Å². The zero-order valence-electron chi connectivity index (χ0n) is 10.6. The van der Waals surface area contributed by atoms with E-state index in [2.05, 4.69) is 35.0 Å². The summed E-state index contributed by atoms with van der Waals surface area (Å²) in [6, 6.07) is 8.03. The normalized spacial score (nSPS) is 14.1. The van der Waals surface area contributed by atoms with Crippen molar-refractivity contribution in [1.29, 1.82) is 0 Å². The van der Waals surface area contributed by atoms with E-state index in [1.807, 2.05) is 30.3 Å². The van der Waals surface area contributed by atoms with Crippen molar-refractivity contribution in [2.45, 2.75) is 13.2 Å². The van der Waals surface area contributed by atoms with Gasteiger partial charge in [-0.15, -0.1) is 0 Å². The molecule has 1 unspecified atom stereocenters. The minimum absolute atomic E-state index is 0.134. The molecule has 87 valence electrons. The summed E-state index contributed by atoms with van der Waals surface area (Å²) >= 11 is 0. The lowest BCUT2D eigenvalue weighted by molar-refractivity contribution is -0.912. The first-order valence-corrected chi connectivity index (χ1v) is 5.47. The maximum atomic E-state index is 5.84. The van der Waals surface area contributed by atoms with Crippen molar-refractivity contribution < 1.29 is 9.22 Å². The minimum atomic E-state index is 0.134. The summed E-state index contributed by atoms with van der Waals surface area (Å²) < 4.78 is 6.62. The highest BCUT2D eigenvalue weighted by molar-refractivity contribution is 5.50. The van der Waals surface area contributed by atoms with E-state index in [1.54, 1.807) is 6.08 Å². The largest absolute Gasteiger partial charge is 0.443 e. The monoisotopic (exact) mass is 219 g/mol. The molecule has 0 amide bonds. The van der Waals surface area contributed by atoms with E-state index in [0.717, 1.165) is 15.8 Å². The molecule has 1 atom stereocenters. The molecule has 0 saturated heterocycles. The van der Waals surface area contributed by atoms with Crippen molar-refractivity contribution in [3.63, 3.8) is 0 Å². The predicted octanol–water partition coefficient (Wildman–Crippen LogP) is 2.96. The Bertz CT molecular complexity index is 346. The quantitative estimate of drug-likeness (QED) is 0.559. The van der Waals surface area contributed by atoms with Crippen LogP contribution in [0, 0.1) is 6.92 Å². The summed E-state index contributed by atoms with van der Waals surface area (Å²) in [4.78, 5) is 0. The first-order chi connectivity index (χ1) is 7.43. The molecule has 1 radical (unpaired) electrons. The van der Waals surface area contributed by atoms with Crippen LogP contribution < -0.4 is 4.74 Å². The van der Waals surface area contributed by atoms with Crippen molar-refractivity contribution >= 4 is 6.08 Å². The Morgan fingerprint density at radius 2 is 1.75 bits per heavy atom. The lowest BCUT2D eigenvalue weighted by atomic mass is 10.2. The first-order valence-electron chi connectivity index (χ1n) is 5.47. The third kappa shape index (κ3) is 3.70. The number of nitrogens with zero attached hydrogens (tertiary/aromatic N) is 1. The molecule has 0 bridgehead atoms. The molecule has 0 aromatic heterocycles. The first kappa shape index (κ1) is 12.8. The second-order valence-corrected chi connectivity index (χ2v) is 4.80. The lowest BCUT2D eigenvalue weighted by Crippen LogP contribution is -2.46. The van der Waals surface area contributed by atoms with E-state index in [0.29, 0.717) is 0 Å². The molecule has 16 heavy (non-hydrogen) atoms. The van der Waals surface area contributed by atoms with E-state index >= 15 is 0 Å². The summed E-state index contributed by atoms with van der Waals surface area (Å²) in [7, 11) is 6.35. The Morgan fingerprint density at radius 1 is 1.19 bits per heavy atom. The Morgan fingerprint density at radius 3 is 2.19 bits per heavy atom. The second kappa shape index (κ2) is 5.17. The average Bonchev–Trinajstić information content (AvgIpc) is 2.20. The molecule has 0 fully saturated rings. The van der Waals surface area contributed by atoms with Crippen molar-refractivity contribution in [2.24, 2.45) is 0 Å². The number of quaternary nitrogens is 1. The molecule has 2 heteroatoms. The molecule has 0 aliphatic carbocycles. The summed E-state index contributed by atoms with van der Waals surface area (Å²) in [6.07, 6.45) is 3.88. The van der Waals surface area contributed by atoms with Crippen LogP contribution in [-0.2, 0) is 0 Å². The fourth-order valence-corrected chi connectivity index (χ4v) is 1.15. The smallest absolute Gasteiger partial charge is 0.230 e. The van der Waals surface area contributed by atoms with Crippen molar-refractivity contribution in [3.8, 4) is 5.75 Å². The van der Waals surface area contributed by atoms with Crippen LogP contribution in [0.25, 0.3) is 6.08 Å². The van der Waals surface area contributed by atoms with E-state index in [9.17, 15) is 0 Å². The fourth-order valence-electron chi connectivity index (χ4n) is 1.15. The standard InChI is InChI=1S/C14H21NO/c1-6-7-13-8-10-14(11-9-13)16-12(2)15(3,4)5/h6-12H,1H2,2-5H3/q+1/b7-6+. The highest BCUT2D eigenvalue weighted by Crippen LogP contribution is 2.16. The molecule has 1 rings (SSSR count). The summed E-state index contributed by atoms with van der Waals surface area (Å²) in [5.74, 6) is 0.904. The van der Waals surface area contributed by atoms with Crippen molar-refractivity contribution in [2.75, 3.05) is 21.1 Å². The zero-order valence-corrected chi connectivity index (χ0v) is 10.6. The van der Waals surface area contributed by atoms with Crippen molar-refractivity contribution in [1.82, 2.24) is 0 Å². The third-order valence-electron chi connectivity index (χ3n) is 2.59. The predicted molar refractivity (Wildman–Crippen MR) is 69.0 cm³/mol. The van der Waals surface area contributed by atoms with E-state index in [-0.39, 0.29) is 6.23 Å². The third-order valence-corrected chi connectivity index (χ3v) is 2.59. The summed E-state index contributed by atoms with van der Waals surface area (Å²) in [5, 5.41) is 0. The molecular formula is C14H21NO+. The summed E-state index contributed by atoms with van der Waals surface area (Å²) in [5.41, 5.74) is 1.14. The van der Waals surface area contributed by atoms with Crippen LogP contribution in [0.15, 0.2) is 30.3 Å². The van der Waals surface area contributed by atoms with Gasteiger partial charge in [0, 0.05) is 6.92 Å². The van der Waals surface area contributed by atoms with Crippen LogP contribution >= 0.6 is 0 Å². The Labute approximate surface area is 98.7 Å². The number of benzene rings is 1. The fraction of sp³-hybridized carbons (Fsp3) is 0.357. The molecule has 1 aromatic carbocycles. The van der Waals surface area contributed by atoms with Crippen LogP contribution in [0.5, 0.6) is 5.75 Å². The van der Waals surface area contributed by atoms with Gasteiger partial charge in [-0.25, -0.2) is 0 Å². The number of hydrogen-bond acceptors (Lipinski definition) is 1. The van der Waals surface area contributed by atoms with Crippen LogP contribution in [0.2, 0.25) is 0 Å². The average molecular weight is 219 g/mol. The van der Waals surface area contributed by atoms with Gasteiger partial charge in [-0.3, -0.25) is 4.48 Å². The lowest BCUT2D eigenvalue weighted by Gasteiger charge is -2.31. The Hall–Kier alpha value is -1.28. The van der Waals surface area contributed by atoms with Gasteiger partial charge in [0.1, 0.15) is 5.75 Å². The molecule has 0 N–H and O–H groups in total. The SMILES string of the molecule is [CH2]/C=C/c1ccc(OC(C)[N+](C)(C)C)cc1. The van der Waals surface area contributed by atoms with Gasteiger partial charge in [-0.1, -0.05) is 24.3 Å². The molecule has 0 heterocycles. The van der Waals surface area contributed by atoms with Gasteiger partial charge in [0.15, 0.2) is 0 Å². The number of allylic oxidation sites excluding steroid dienone is 1. The van der Waals surface area contributed by atoms with Gasteiger partial charge < -0.3 is 4.74 Å². The van der Waals surface area contributed by atoms with Gasteiger partial charge in [0.05, 0.1) is 21.1 Å². The van der Waals surface area contributed by atoms with Gasteiger partial charge in [0.2, 0.25) is 6.23 Å². The van der Waals surface area contributed by atoms with Gasteiger partial charge in [-0.2, -0.15) is 0 Å². The van der Waals surface area contributed by atoms with Gasteiger partial charge in [-0.05, 0) is 24.6 Å². The number of rotatable bonds is 4. The van der Waals surface area contributed by atoms with Gasteiger partial charge >= 0.3 is 0 Å². The van der Waals surface area contributed by atoms with Crippen LogP contribution in [0.3, 0.4) is 0 Å². The summed E-state index contributed by atoms with van der Waals surface area (Å²) in [6.45, 7) is 5.74. The molecule has 0 saturated carbocycles. The van der Waals surface area contributed by atoms with Crippen LogP contribution in [-0.4, -0.2) is 31.9 Å². The van der Waals surface area contributed by atoms with E-state index in [1.165, 1.54) is 0 Å². The minimum Gasteiger partial charge on any atom is -0.443 e. The van der Waals surface area contributed by atoms with Crippen LogP contribution in [0.4, 0.5) is 0 Å². The Kier molecular flexibility index (Phi) is 4.13. The molecular weight excluding hydrogens is 198 g/mol. The maximum Gasteiger partial charge on any atom is 0.230 e. The second-order valence-electron chi connectivity index (χ2n) is 4.80. The molecule has 1 aromatic rings. The van der Waals surface area contributed by atoms with Crippen LogP contribution in [0.1, 0.15) is 12.5 Å². The van der Waals surface area contributed by atoms with Gasteiger partial charge in [0.25, 0.3) is 0 Å². The molecule has 0 aliphatic heterocycles. The highest BCUT2D eigenvalue weighted by Gasteiger charge is 2.19. The number of ether oxygens (including phenoxy) is 1. The highest BCUT2D eigenvalue weighted by atomic mass is 16.5. The number of hydrogen-bond donors (Lipinski definition) is 0. The van der Waals surface area contributed by atoms with E-state index < -0.39 is 0 Å². The maximum absolute atomic E-state index is 5.84. The molecule has 2 nitrogen and oxygen atoms in total. The molecule has 0 spiro atoms. The Balaban J connectivity index is 2.69. The van der Waals surface area contributed by atoms with E-state index in [4.69, 9.17) is 4.74 Å².